The van der Waals surface area contributed by atoms with Gasteiger partial charge in [0.2, 0.25) is 17.7 Å². The summed E-state index contributed by atoms with van der Waals surface area (Å²) in [6, 6.07) is -4.77. The third-order valence-corrected chi connectivity index (χ3v) is 13.2. The highest BCUT2D eigenvalue weighted by Gasteiger charge is 2.38. The molecule has 3 amide bonds. The van der Waals surface area contributed by atoms with Gasteiger partial charge in [0.25, 0.3) is 0 Å². The minimum atomic E-state index is -1.78. The molecule has 0 bridgehead atoms. The fourth-order valence-corrected chi connectivity index (χ4v) is 8.70. The van der Waals surface area contributed by atoms with Gasteiger partial charge in [-0.25, -0.2) is 4.79 Å². The molecule has 15 nitrogen and oxygen atoms in total. The van der Waals surface area contributed by atoms with Gasteiger partial charge in [-0.15, -0.1) is 0 Å². The maximum atomic E-state index is 14.5. The molecule has 0 saturated carbocycles. The zero-order valence-corrected chi connectivity index (χ0v) is 44.9. The topological polar surface area (TPSA) is 226 Å². The van der Waals surface area contributed by atoms with E-state index in [1.54, 1.807) is 0 Å². The summed E-state index contributed by atoms with van der Waals surface area (Å²) in [6.45, 7) is 4.51. The summed E-state index contributed by atoms with van der Waals surface area (Å²) in [5.74, 6) is -6.60. The van der Waals surface area contributed by atoms with Gasteiger partial charge in [0.05, 0.1) is 13.2 Å². The van der Waals surface area contributed by atoms with Crippen molar-refractivity contribution in [2.75, 3.05) is 25.5 Å². The number of ether oxygens (including phenoxy) is 2. The Kier molecular flexibility index (Phi) is 44.4. The number of carboxylic acid groups (broad SMARTS) is 2. The molecule has 0 aliphatic rings. The van der Waals surface area contributed by atoms with Crippen molar-refractivity contribution in [2.24, 2.45) is 0 Å². The summed E-state index contributed by atoms with van der Waals surface area (Å²) in [4.78, 5) is 92.2. The molecule has 0 fully saturated rings. The molecular weight excluding hydrogens is 915 g/mol. The van der Waals surface area contributed by atoms with E-state index in [9.17, 15) is 48.9 Å². The van der Waals surface area contributed by atoms with E-state index in [0.717, 1.165) is 81.9 Å². The van der Waals surface area contributed by atoms with E-state index in [0.29, 0.717) is 19.3 Å². The number of aliphatic hydroxyl groups is 1. The van der Waals surface area contributed by atoms with Gasteiger partial charge in [-0.05, 0) is 25.7 Å². The Morgan fingerprint density at radius 3 is 1.30 bits per heavy atom. The van der Waals surface area contributed by atoms with Crippen LogP contribution in [0.4, 0.5) is 0 Å². The number of carbonyl (C=O) groups is 7. The Balaban J connectivity index is 6.09. The van der Waals surface area contributed by atoms with Crippen LogP contribution in [0.3, 0.4) is 0 Å². The van der Waals surface area contributed by atoms with Crippen LogP contribution in [-0.2, 0) is 43.0 Å². The fraction of sp³-hybridized carbons (Fsp3) is 0.870. The predicted octanol–water partition coefficient (Wildman–Crippen LogP) is 10.8. The molecule has 0 rings (SSSR count). The Bertz CT molecular complexity index is 1390. The summed E-state index contributed by atoms with van der Waals surface area (Å²) < 4.78 is 11.5. The molecule has 0 aromatic carbocycles. The van der Waals surface area contributed by atoms with E-state index < -0.39 is 98.4 Å². The first-order valence-corrected chi connectivity index (χ1v) is 28.4. The highest BCUT2D eigenvalue weighted by molar-refractivity contribution is 7.80. The number of esters is 2. The minimum absolute atomic E-state index is 0.0506. The summed E-state index contributed by atoms with van der Waals surface area (Å²) in [7, 11) is 0. The first-order chi connectivity index (χ1) is 33.8. The first-order valence-electron chi connectivity index (χ1n) is 27.8. The molecule has 0 aliphatic heterocycles. The lowest BCUT2D eigenvalue weighted by Crippen LogP contribution is -2.61. The van der Waals surface area contributed by atoms with Crippen molar-refractivity contribution in [3.05, 3.63) is 0 Å². The SMILES string of the molecule is CCCCCCCCCCCCCCCC(=O)N[C@@H](CS)C(=O)N(C[C@H](COC(=O)CCCCCCCCCCC)OC(=O)CCCCCCCCCCC)[C@@H](CO)C(=O)N[C@H](CCC(=O)O)C(=O)O. The van der Waals surface area contributed by atoms with Gasteiger partial charge in [0.15, 0.2) is 6.10 Å². The normalized spacial score (nSPS) is 12.9. The second-order valence-electron chi connectivity index (χ2n) is 19.3. The van der Waals surface area contributed by atoms with Gasteiger partial charge in [-0.2, -0.15) is 12.6 Å². The zero-order chi connectivity index (χ0) is 52.0. The molecule has 0 saturated heterocycles. The summed E-state index contributed by atoms with van der Waals surface area (Å²) in [5.41, 5.74) is 0. The second-order valence-corrected chi connectivity index (χ2v) is 19.6. The molecular formula is C54H99N3O12S. The van der Waals surface area contributed by atoms with Crippen molar-refractivity contribution in [2.45, 2.75) is 276 Å². The van der Waals surface area contributed by atoms with Crippen LogP contribution in [-0.4, -0.2) is 112 Å². The van der Waals surface area contributed by atoms with Gasteiger partial charge >= 0.3 is 23.9 Å². The molecule has 16 heteroatoms. The van der Waals surface area contributed by atoms with Crippen LogP contribution in [0.15, 0.2) is 0 Å². The molecule has 4 atom stereocenters. The largest absolute Gasteiger partial charge is 0.481 e. The van der Waals surface area contributed by atoms with Gasteiger partial charge in [0, 0.05) is 31.4 Å². The molecule has 0 spiro atoms. The molecule has 0 radical (unpaired) electrons. The Hall–Kier alpha value is -3.40. The highest BCUT2D eigenvalue weighted by Crippen LogP contribution is 2.17. The third-order valence-electron chi connectivity index (χ3n) is 12.8. The quantitative estimate of drug-likeness (QED) is 0.0190. The monoisotopic (exact) mass is 1010 g/mol. The fourth-order valence-electron chi connectivity index (χ4n) is 8.45. The number of nitrogens with zero attached hydrogens (tertiary/aromatic N) is 1. The Morgan fingerprint density at radius 1 is 0.514 bits per heavy atom. The number of nitrogens with one attached hydrogen (secondary N) is 2. The van der Waals surface area contributed by atoms with Gasteiger partial charge in [-0.1, -0.05) is 201 Å². The number of rotatable bonds is 50. The number of thiol groups is 1. The van der Waals surface area contributed by atoms with Crippen LogP contribution in [0.2, 0.25) is 0 Å². The molecule has 0 aromatic rings. The van der Waals surface area contributed by atoms with Crippen LogP contribution in [0.25, 0.3) is 0 Å². The van der Waals surface area contributed by atoms with Gasteiger partial charge in [-0.3, -0.25) is 28.8 Å². The lowest BCUT2D eigenvalue weighted by atomic mass is 10.0. The zero-order valence-electron chi connectivity index (χ0n) is 44.0. The van der Waals surface area contributed by atoms with Crippen LogP contribution in [0.1, 0.15) is 252 Å². The van der Waals surface area contributed by atoms with Crippen LogP contribution < -0.4 is 10.6 Å². The molecule has 5 N–H and O–H groups in total. The second kappa shape index (κ2) is 46.7. The number of hydrogen-bond acceptors (Lipinski definition) is 11. The van der Waals surface area contributed by atoms with E-state index in [-0.39, 0.29) is 25.0 Å². The average molecular weight is 1010 g/mol. The molecule has 0 unspecified atom stereocenters. The van der Waals surface area contributed by atoms with E-state index in [1.165, 1.54) is 103 Å². The summed E-state index contributed by atoms with van der Waals surface area (Å²) >= 11 is 4.35. The summed E-state index contributed by atoms with van der Waals surface area (Å²) in [6.07, 6.45) is 31.5. The first kappa shape index (κ1) is 66.6. The number of aliphatic hydroxyl groups excluding tert-OH is 1. The van der Waals surface area contributed by atoms with Crippen molar-refractivity contribution in [1.82, 2.24) is 15.5 Å². The summed E-state index contributed by atoms with van der Waals surface area (Å²) in [5, 5.41) is 34.6. The van der Waals surface area contributed by atoms with E-state index in [1.807, 2.05) is 0 Å². The lowest BCUT2D eigenvalue weighted by Gasteiger charge is -2.35. The maximum Gasteiger partial charge on any atom is 0.326 e. The number of carboxylic acids is 2. The number of carbonyl (C=O) groups excluding carboxylic acids is 5. The smallest absolute Gasteiger partial charge is 0.326 e. The molecule has 70 heavy (non-hydrogen) atoms. The third kappa shape index (κ3) is 37.4. The van der Waals surface area contributed by atoms with Crippen molar-refractivity contribution in [1.29, 1.82) is 0 Å². The Morgan fingerprint density at radius 2 is 0.914 bits per heavy atom. The van der Waals surface area contributed by atoms with Crippen molar-refractivity contribution in [3.63, 3.8) is 0 Å². The minimum Gasteiger partial charge on any atom is -0.481 e. The van der Waals surface area contributed by atoms with E-state index >= 15 is 0 Å². The molecule has 0 aliphatic carbocycles. The number of hydrogen-bond donors (Lipinski definition) is 6. The molecule has 0 aromatic heterocycles. The van der Waals surface area contributed by atoms with Gasteiger partial charge in [0.1, 0.15) is 24.7 Å². The number of amides is 3. The van der Waals surface area contributed by atoms with Crippen LogP contribution in [0.5, 0.6) is 0 Å². The van der Waals surface area contributed by atoms with Gasteiger partial charge < -0.3 is 40.3 Å². The lowest BCUT2D eigenvalue weighted by molar-refractivity contribution is -0.163. The van der Waals surface area contributed by atoms with Crippen LogP contribution >= 0.6 is 12.6 Å². The Labute approximate surface area is 428 Å². The van der Waals surface area contributed by atoms with E-state index in [4.69, 9.17) is 9.47 Å². The highest BCUT2D eigenvalue weighted by atomic mass is 32.1. The van der Waals surface area contributed by atoms with Crippen LogP contribution in [0, 0.1) is 0 Å². The maximum absolute atomic E-state index is 14.5. The van der Waals surface area contributed by atoms with Crippen molar-refractivity contribution >= 4 is 54.2 Å². The van der Waals surface area contributed by atoms with Crippen molar-refractivity contribution < 1.29 is 58.4 Å². The van der Waals surface area contributed by atoms with E-state index in [2.05, 4.69) is 44.0 Å². The number of aliphatic carboxylic acids is 2. The number of unbranched alkanes of at least 4 members (excludes halogenated alkanes) is 28. The molecule has 408 valence electrons. The molecule has 0 heterocycles. The predicted molar refractivity (Wildman–Crippen MR) is 280 cm³/mol. The standard InChI is InChI=1S/C54H99N3O12S/c1-4-7-10-13-16-19-20-21-22-25-26-29-32-35-48(59)55-46(43-70)53(65)57(47(41-58)52(64)56-45(54(66)67)38-39-49(60)61)40-44(69-51(63)37-34-31-28-24-18-15-12-9-6-3)42-68-50(62)36-33-30-27-23-17-14-11-8-5-2/h44-47,58,70H,4-43H2,1-3H3,(H,55,59)(H,56,64)(H,60,61)(H,66,67)/t44-,45-,46+,47+/m1/s1. The average Bonchev–Trinajstić information content (AvgIpc) is 3.33. The van der Waals surface area contributed by atoms with Crippen molar-refractivity contribution in [3.8, 4) is 0 Å².